The zero-order valence-corrected chi connectivity index (χ0v) is 12.9. The van der Waals surface area contributed by atoms with Gasteiger partial charge in [-0.25, -0.2) is 0 Å². The van der Waals surface area contributed by atoms with Crippen molar-refractivity contribution < 1.29 is 9.53 Å². The second-order valence-electron chi connectivity index (χ2n) is 4.45. The highest BCUT2D eigenvalue weighted by Crippen LogP contribution is 2.19. The Labute approximate surface area is 127 Å². The van der Waals surface area contributed by atoms with Crippen LogP contribution in [0.4, 0.5) is 0 Å². The first-order chi connectivity index (χ1) is 9.70. The van der Waals surface area contributed by atoms with E-state index in [1.165, 1.54) is 0 Å². The summed E-state index contributed by atoms with van der Waals surface area (Å²) in [6, 6.07) is 9.47. The highest BCUT2D eigenvalue weighted by atomic mass is 79.9. The van der Waals surface area contributed by atoms with E-state index in [1.807, 2.05) is 31.2 Å². The molecule has 0 atom stereocenters. The van der Waals surface area contributed by atoms with Gasteiger partial charge in [0.2, 0.25) is 0 Å². The van der Waals surface area contributed by atoms with E-state index in [1.54, 1.807) is 18.5 Å². The van der Waals surface area contributed by atoms with Crippen LogP contribution >= 0.6 is 15.9 Å². The van der Waals surface area contributed by atoms with Gasteiger partial charge in [-0.1, -0.05) is 41.1 Å². The number of hydrogen-bond acceptors (Lipinski definition) is 3. The predicted octanol–water partition coefficient (Wildman–Crippen LogP) is 4.06. The molecule has 2 rings (SSSR count). The molecule has 3 nitrogen and oxygen atoms in total. The monoisotopic (exact) mass is 333 g/mol. The molecule has 0 unspecified atom stereocenters. The molecule has 20 heavy (non-hydrogen) atoms. The summed E-state index contributed by atoms with van der Waals surface area (Å²) in [6.07, 6.45) is 4.48. The number of hydrogen-bond donors (Lipinski definition) is 0. The van der Waals surface area contributed by atoms with Gasteiger partial charge < -0.3 is 4.74 Å². The van der Waals surface area contributed by atoms with Gasteiger partial charge in [-0.2, -0.15) is 0 Å². The van der Waals surface area contributed by atoms with Crippen molar-refractivity contribution in [2.24, 2.45) is 0 Å². The van der Waals surface area contributed by atoms with Crippen molar-refractivity contribution >= 4 is 21.7 Å². The average Bonchev–Trinajstić information content (AvgIpc) is 2.48. The molecule has 0 fully saturated rings. The fraction of sp³-hybridized carbons (Fsp3) is 0.250. The fourth-order valence-electron chi connectivity index (χ4n) is 1.79. The number of halogens is 1. The Morgan fingerprint density at radius 3 is 2.85 bits per heavy atom. The maximum atomic E-state index is 12.3. The molecule has 4 heteroatoms. The number of Topliss-reactive ketones (excluding diaryl/α,β-unsaturated/α-hetero) is 1. The highest BCUT2D eigenvalue weighted by molar-refractivity contribution is 9.10. The van der Waals surface area contributed by atoms with Crippen LogP contribution in [0, 0.1) is 0 Å². The molecule has 0 aliphatic heterocycles. The van der Waals surface area contributed by atoms with Crippen molar-refractivity contribution in [3.8, 4) is 5.75 Å². The lowest BCUT2D eigenvalue weighted by Crippen LogP contribution is -2.05. The Morgan fingerprint density at radius 1 is 1.30 bits per heavy atom. The Bertz CT molecular complexity index is 599. The van der Waals surface area contributed by atoms with E-state index >= 15 is 0 Å². The second-order valence-corrected chi connectivity index (χ2v) is 5.30. The highest BCUT2D eigenvalue weighted by Gasteiger charge is 2.10. The molecular formula is C16H16BrNO2. The molecular weight excluding hydrogens is 318 g/mol. The van der Waals surface area contributed by atoms with Gasteiger partial charge in [0.25, 0.3) is 0 Å². The lowest BCUT2D eigenvalue weighted by molar-refractivity contribution is 0.0992. The van der Waals surface area contributed by atoms with Crippen LogP contribution in [0.2, 0.25) is 0 Å². The molecule has 1 aromatic heterocycles. The molecule has 2 aromatic rings. The number of aromatic nitrogens is 1. The first-order valence-electron chi connectivity index (χ1n) is 6.55. The van der Waals surface area contributed by atoms with Gasteiger partial charge >= 0.3 is 0 Å². The van der Waals surface area contributed by atoms with Crippen LogP contribution in [-0.4, -0.2) is 17.4 Å². The number of benzene rings is 1. The summed E-state index contributed by atoms with van der Waals surface area (Å²) in [6.45, 7) is 2.67. The third kappa shape index (κ3) is 3.90. The maximum absolute atomic E-state index is 12.3. The van der Waals surface area contributed by atoms with Crippen molar-refractivity contribution in [2.45, 2.75) is 19.8 Å². The largest absolute Gasteiger partial charge is 0.492 e. The van der Waals surface area contributed by atoms with Gasteiger partial charge in [0.15, 0.2) is 5.78 Å². The standard InChI is InChI=1S/C16H16BrNO2/c1-2-7-20-14-8-13(10-18-11-14)16(19)9-12-5-3-4-6-15(12)17/h3-6,8,10-11H,2,7,9H2,1H3. The SMILES string of the molecule is CCCOc1cncc(C(=O)Cc2ccccc2Br)c1. The van der Waals surface area contributed by atoms with Crippen LogP contribution in [0.5, 0.6) is 5.75 Å². The summed E-state index contributed by atoms with van der Waals surface area (Å²) in [4.78, 5) is 16.3. The molecule has 0 spiro atoms. The fourth-order valence-corrected chi connectivity index (χ4v) is 2.21. The van der Waals surface area contributed by atoms with E-state index in [0.717, 1.165) is 16.5 Å². The summed E-state index contributed by atoms with van der Waals surface area (Å²) < 4.78 is 6.44. The molecule has 0 aliphatic carbocycles. The molecule has 0 N–H and O–H groups in total. The number of carbonyl (C=O) groups excluding carboxylic acids is 1. The van der Waals surface area contributed by atoms with E-state index in [9.17, 15) is 4.79 Å². The van der Waals surface area contributed by atoms with Crippen LogP contribution < -0.4 is 4.74 Å². The molecule has 0 amide bonds. The average molecular weight is 334 g/mol. The summed E-state index contributed by atoms with van der Waals surface area (Å²) in [5.74, 6) is 0.677. The van der Waals surface area contributed by atoms with Gasteiger partial charge in [-0.15, -0.1) is 0 Å². The molecule has 0 saturated carbocycles. The Hall–Kier alpha value is -1.68. The summed E-state index contributed by atoms with van der Waals surface area (Å²) in [5.41, 5.74) is 1.55. The minimum atomic E-state index is 0.0337. The zero-order valence-electron chi connectivity index (χ0n) is 11.3. The van der Waals surface area contributed by atoms with Crippen molar-refractivity contribution in [3.63, 3.8) is 0 Å². The molecule has 1 heterocycles. The summed E-state index contributed by atoms with van der Waals surface area (Å²) >= 11 is 3.45. The minimum Gasteiger partial charge on any atom is -0.492 e. The Morgan fingerprint density at radius 2 is 2.10 bits per heavy atom. The van der Waals surface area contributed by atoms with Crippen LogP contribution in [0.3, 0.4) is 0 Å². The van der Waals surface area contributed by atoms with Crippen LogP contribution in [-0.2, 0) is 6.42 Å². The van der Waals surface area contributed by atoms with Gasteiger partial charge in [0.05, 0.1) is 12.8 Å². The predicted molar refractivity (Wildman–Crippen MR) is 82.2 cm³/mol. The smallest absolute Gasteiger partial charge is 0.168 e. The Kier molecular flexibility index (Phi) is 5.30. The van der Waals surface area contributed by atoms with Gasteiger partial charge in [-0.05, 0) is 24.1 Å². The zero-order chi connectivity index (χ0) is 14.4. The van der Waals surface area contributed by atoms with E-state index in [4.69, 9.17) is 4.74 Å². The summed E-state index contributed by atoms with van der Waals surface area (Å²) in [7, 11) is 0. The van der Waals surface area contributed by atoms with E-state index in [0.29, 0.717) is 24.3 Å². The van der Waals surface area contributed by atoms with E-state index in [2.05, 4.69) is 20.9 Å². The van der Waals surface area contributed by atoms with Crippen LogP contribution in [0.15, 0.2) is 47.2 Å². The van der Waals surface area contributed by atoms with Crippen LogP contribution in [0.1, 0.15) is 29.3 Å². The number of ether oxygens (including phenoxy) is 1. The minimum absolute atomic E-state index is 0.0337. The van der Waals surface area contributed by atoms with Crippen molar-refractivity contribution in [2.75, 3.05) is 6.61 Å². The third-order valence-electron chi connectivity index (χ3n) is 2.82. The molecule has 104 valence electrons. The van der Waals surface area contributed by atoms with Crippen molar-refractivity contribution in [3.05, 3.63) is 58.3 Å². The maximum Gasteiger partial charge on any atom is 0.168 e. The lowest BCUT2D eigenvalue weighted by atomic mass is 10.0. The molecule has 0 aliphatic rings. The first kappa shape index (κ1) is 14.7. The quantitative estimate of drug-likeness (QED) is 0.748. The second kappa shape index (κ2) is 7.20. The van der Waals surface area contributed by atoms with Crippen LogP contribution in [0.25, 0.3) is 0 Å². The first-order valence-corrected chi connectivity index (χ1v) is 7.34. The summed E-state index contributed by atoms with van der Waals surface area (Å²) in [5, 5.41) is 0. The topological polar surface area (TPSA) is 39.2 Å². The molecule has 1 aromatic carbocycles. The van der Waals surface area contributed by atoms with E-state index in [-0.39, 0.29) is 5.78 Å². The third-order valence-corrected chi connectivity index (χ3v) is 3.59. The normalized spacial score (nSPS) is 10.3. The molecule has 0 radical (unpaired) electrons. The number of rotatable bonds is 6. The Balaban J connectivity index is 2.11. The molecule has 0 saturated heterocycles. The van der Waals surface area contributed by atoms with Crippen molar-refractivity contribution in [1.29, 1.82) is 0 Å². The molecule has 0 bridgehead atoms. The van der Waals surface area contributed by atoms with E-state index < -0.39 is 0 Å². The van der Waals surface area contributed by atoms with Gasteiger partial charge in [0.1, 0.15) is 5.75 Å². The number of nitrogens with zero attached hydrogens (tertiary/aromatic N) is 1. The number of pyridine rings is 1. The lowest BCUT2D eigenvalue weighted by Gasteiger charge is -2.07. The number of carbonyl (C=O) groups is 1. The van der Waals surface area contributed by atoms with Gasteiger partial charge in [-0.3, -0.25) is 9.78 Å². The van der Waals surface area contributed by atoms with Gasteiger partial charge in [0, 0.05) is 22.7 Å². The van der Waals surface area contributed by atoms with Crippen molar-refractivity contribution in [1.82, 2.24) is 4.98 Å². The number of ketones is 1.